The summed E-state index contributed by atoms with van der Waals surface area (Å²) in [5.74, 6) is -0.760. The van der Waals surface area contributed by atoms with E-state index >= 15 is 0 Å². The van der Waals surface area contributed by atoms with Gasteiger partial charge in [-0.05, 0) is 82.0 Å². The Labute approximate surface area is 194 Å². The van der Waals surface area contributed by atoms with Crippen molar-refractivity contribution in [3.8, 4) is 0 Å². The summed E-state index contributed by atoms with van der Waals surface area (Å²) in [7, 11) is 1.05. The van der Waals surface area contributed by atoms with Gasteiger partial charge in [0, 0.05) is 7.05 Å². The summed E-state index contributed by atoms with van der Waals surface area (Å²) >= 11 is 0. The third kappa shape index (κ3) is 7.11. The molecule has 1 aliphatic heterocycles. The molecule has 8 nitrogen and oxygen atoms in total. The van der Waals surface area contributed by atoms with E-state index in [0.717, 1.165) is 4.90 Å². The molecule has 182 valence electrons. The van der Waals surface area contributed by atoms with Crippen molar-refractivity contribution in [2.75, 3.05) is 7.05 Å². The average molecular weight is 452 g/mol. The predicted octanol–water partition coefficient (Wildman–Crippen LogP) is 5.07. The third-order valence-electron chi connectivity index (χ3n) is 5.65. The number of ether oxygens (including phenoxy) is 2. The van der Waals surface area contributed by atoms with E-state index in [9.17, 15) is 9.59 Å². The monoisotopic (exact) mass is 452 g/mol. The van der Waals surface area contributed by atoms with E-state index in [0.29, 0.717) is 19.2 Å². The van der Waals surface area contributed by atoms with Gasteiger partial charge in [0.15, 0.2) is 0 Å². The molecule has 0 aromatic heterocycles. The van der Waals surface area contributed by atoms with Gasteiger partial charge in [-0.3, -0.25) is 4.85 Å². The van der Waals surface area contributed by atoms with Crippen molar-refractivity contribution < 1.29 is 28.4 Å². The number of carbonyl (C=O) groups excluding carboxylic acids is 2. The van der Waals surface area contributed by atoms with Crippen LogP contribution >= 0.6 is 0 Å². The number of carbonyl (C=O) groups is 2. The van der Waals surface area contributed by atoms with Gasteiger partial charge in [0.25, 0.3) is 0 Å². The lowest BCUT2D eigenvalue weighted by atomic mass is 9.81. The molecule has 32 heavy (non-hydrogen) atoms. The van der Waals surface area contributed by atoms with Crippen LogP contribution in [0.3, 0.4) is 0 Å². The molecule has 0 radical (unpaired) electrons. The summed E-state index contributed by atoms with van der Waals surface area (Å²) in [6.45, 7) is 26.2. The highest BCUT2D eigenvalue weighted by molar-refractivity contribution is 6.45. The van der Waals surface area contributed by atoms with Gasteiger partial charge in [-0.25, -0.2) is 21.1 Å². The summed E-state index contributed by atoms with van der Waals surface area (Å²) in [6, 6.07) is 0. The highest BCUT2D eigenvalue weighted by atomic mass is 16.7. The Morgan fingerprint density at radius 2 is 1.41 bits per heavy atom. The Morgan fingerprint density at radius 1 is 0.938 bits per heavy atom. The van der Waals surface area contributed by atoms with Crippen LogP contribution in [0.2, 0.25) is 6.32 Å². The van der Waals surface area contributed by atoms with Crippen LogP contribution in [0, 0.1) is 6.57 Å². The van der Waals surface area contributed by atoms with Crippen LogP contribution in [0.4, 0.5) is 4.79 Å². The summed E-state index contributed by atoms with van der Waals surface area (Å²) in [4.78, 5) is 30.5. The Balaban J connectivity index is 2.95. The van der Waals surface area contributed by atoms with Crippen LogP contribution in [0.25, 0.3) is 4.85 Å². The number of unbranched alkanes of at least 4 members (excludes halogenated alkanes) is 1. The minimum absolute atomic E-state index is 0.112. The molecule has 0 aromatic carbocycles. The molecule has 1 amide bonds. The second-order valence-corrected chi connectivity index (χ2v) is 11.4. The normalized spacial score (nSPS) is 19.6. The summed E-state index contributed by atoms with van der Waals surface area (Å²) in [6.07, 6.45) is 1.13. The lowest BCUT2D eigenvalue weighted by Crippen LogP contribution is -2.56. The highest BCUT2D eigenvalue weighted by Crippen LogP contribution is 2.38. The minimum Gasteiger partial charge on any atom is -0.452 e. The van der Waals surface area contributed by atoms with Gasteiger partial charge in [-0.15, -0.1) is 0 Å². The first-order chi connectivity index (χ1) is 14.3. The van der Waals surface area contributed by atoms with Crippen molar-refractivity contribution in [1.82, 2.24) is 4.90 Å². The number of amides is 1. The summed E-state index contributed by atoms with van der Waals surface area (Å²) in [5, 5.41) is 0. The van der Waals surface area contributed by atoms with Crippen molar-refractivity contribution in [2.24, 2.45) is 0 Å². The Hall–Kier alpha value is -1.79. The van der Waals surface area contributed by atoms with E-state index in [2.05, 4.69) is 4.85 Å². The Morgan fingerprint density at radius 3 is 1.81 bits per heavy atom. The van der Waals surface area contributed by atoms with Crippen molar-refractivity contribution >= 4 is 19.2 Å². The predicted molar refractivity (Wildman–Crippen MR) is 124 cm³/mol. The molecule has 0 N–H and O–H groups in total. The van der Waals surface area contributed by atoms with Crippen LogP contribution in [-0.2, 0) is 23.6 Å². The van der Waals surface area contributed by atoms with Gasteiger partial charge in [0.05, 0.1) is 17.6 Å². The molecule has 0 saturated carbocycles. The van der Waals surface area contributed by atoms with E-state index in [-0.39, 0.29) is 13.5 Å². The van der Waals surface area contributed by atoms with Crippen LogP contribution in [0.15, 0.2) is 0 Å². The molecule has 1 fully saturated rings. The van der Waals surface area contributed by atoms with Crippen molar-refractivity contribution in [2.45, 2.75) is 123 Å². The SMILES string of the molecule is [C-]#[N+]C(CCCCB1OC(C)(C)C(C)(C)O1)(C(=O)OC(C)(C)C)N(C)C(=O)OC(C)(C)C. The molecule has 0 bridgehead atoms. The van der Waals surface area contributed by atoms with E-state index in [1.54, 1.807) is 41.5 Å². The van der Waals surface area contributed by atoms with Gasteiger partial charge in [0.2, 0.25) is 0 Å². The molecule has 0 spiro atoms. The minimum atomic E-state index is -1.81. The van der Waals surface area contributed by atoms with Gasteiger partial charge in [-0.1, -0.05) is 6.42 Å². The average Bonchev–Trinajstić information content (AvgIpc) is 2.78. The molecule has 1 rings (SSSR count). The van der Waals surface area contributed by atoms with E-state index in [4.69, 9.17) is 25.4 Å². The molecule has 1 saturated heterocycles. The topological polar surface area (TPSA) is 78.7 Å². The van der Waals surface area contributed by atoms with E-state index in [1.807, 2.05) is 27.7 Å². The second kappa shape index (κ2) is 9.60. The van der Waals surface area contributed by atoms with Crippen molar-refractivity contribution in [3.05, 3.63) is 11.4 Å². The molecule has 0 aromatic rings. The zero-order valence-corrected chi connectivity index (χ0v) is 21.7. The fourth-order valence-corrected chi connectivity index (χ4v) is 3.19. The van der Waals surface area contributed by atoms with Crippen molar-refractivity contribution in [3.63, 3.8) is 0 Å². The number of likely N-dealkylation sites (N-methyl/N-ethyl adjacent to an activating group) is 1. The van der Waals surface area contributed by atoms with Crippen LogP contribution in [-0.4, -0.2) is 59.2 Å². The molecule has 1 atom stereocenters. The smallest absolute Gasteiger partial charge is 0.452 e. The first kappa shape index (κ1) is 28.2. The van der Waals surface area contributed by atoms with Crippen molar-refractivity contribution in [1.29, 1.82) is 0 Å². The second-order valence-electron chi connectivity index (χ2n) is 11.4. The molecule has 9 heteroatoms. The molecule has 1 unspecified atom stereocenters. The van der Waals surface area contributed by atoms with Gasteiger partial charge >= 0.3 is 24.8 Å². The number of esters is 1. The molecule has 1 aliphatic rings. The molecule has 0 aliphatic carbocycles. The fourth-order valence-electron chi connectivity index (χ4n) is 3.19. The highest BCUT2D eigenvalue weighted by Gasteiger charge is 2.56. The third-order valence-corrected chi connectivity index (χ3v) is 5.65. The quantitative estimate of drug-likeness (QED) is 0.232. The van der Waals surface area contributed by atoms with Gasteiger partial charge in [0.1, 0.15) is 11.2 Å². The number of hydrogen-bond donors (Lipinski definition) is 0. The van der Waals surface area contributed by atoms with E-state index < -0.39 is 40.1 Å². The zero-order chi connectivity index (χ0) is 25.2. The lowest BCUT2D eigenvalue weighted by Gasteiger charge is -2.33. The molecular weight excluding hydrogens is 411 g/mol. The first-order valence-corrected chi connectivity index (χ1v) is 11.2. The maximum absolute atomic E-state index is 13.1. The van der Waals surface area contributed by atoms with Gasteiger partial charge < -0.3 is 18.8 Å². The Kier molecular flexibility index (Phi) is 8.48. The van der Waals surface area contributed by atoms with Crippen LogP contribution in [0.5, 0.6) is 0 Å². The van der Waals surface area contributed by atoms with Gasteiger partial charge in [-0.2, -0.15) is 0 Å². The summed E-state index contributed by atoms with van der Waals surface area (Å²) in [5.41, 5.74) is -4.20. The molecule has 1 heterocycles. The first-order valence-electron chi connectivity index (χ1n) is 11.2. The number of nitrogens with zero attached hydrogens (tertiary/aromatic N) is 2. The Bertz CT molecular complexity index is 716. The maximum Gasteiger partial charge on any atom is 0.457 e. The largest absolute Gasteiger partial charge is 0.457 e. The summed E-state index contributed by atoms with van der Waals surface area (Å²) < 4.78 is 23.0. The van der Waals surface area contributed by atoms with Crippen LogP contribution < -0.4 is 0 Å². The standard InChI is InChI=1S/C23H41BN2O6/c1-19(2,3)29-17(27)23(25-11,26(12)18(28)30-20(4,5)6)15-13-14-16-24-31-21(7,8)22(9,10)32-24/h13-16H2,1-10,12H3. The van der Waals surface area contributed by atoms with Crippen LogP contribution in [0.1, 0.15) is 88.5 Å². The number of rotatable bonds is 7. The number of hydrogen-bond acceptors (Lipinski definition) is 6. The fraction of sp³-hybridized carbons (Fsp3) is 0.870. The maximum atomic E-state index is 13.1. The zero-order valence-electron chi connectivity index (χ0n) is 21.7. The molecular formula is C23H41BN2O6. The van der Waals surface area contributed by atoms with E-state index in [1.165, 1.54) is 7.05 Å². The lowest BCUT2D eigenvalue weighted by molar-refractivity contribution is -0.166.